The summed E-state index contributed by atoms with van der Waals surface area (Å²) >= 11 is 9.90. The fourth-order valence-corrected chi connectivity index (χ4v) is 4.64. The van der Waals surface area contributed by atoms with Gasteiger partial charge in [0.05, 0.1) is 17.5 Å². The summed E-state index contributed by atoms with van der Waals surface area (Å²) in [7, 11) is 0. The summed E-state index contributed by atoms with van der Waals surface area (Å²) in [6.07, 6.45) is 1.70. The normalized spacial score (nSPS) is 16.2. The lowest BCUT2D eigenvalue weighted by molar-refractivity contribution is -0.0419. The number of benzene rings is 1. The molecule has 4 rings (SSSR count). The smallest absolute Gasteiger partial charge is 0.410 e. The van der Waals surface area contributed by atoms with Crippen LogP contribution in [0.2, 0.25) is 5.15 Å². The van der Waals surface area contributed by atoms with Crippen LogP contribution in [0.3, 0.4) is 0 Å². The monoisotopic (exact) mass is 536 g/mol. The number of aliphatic hydroxyl groups is 1. The highest BCUT2D eigenvalue weighted by molar-refractivity contribution is 9.10. The number of rotatable bonds is 3. The minimum atomic E-state index is -1.13. The number of ether oxygens (including phenoxy) is 1. The van der Waals surface area contributed by atoms with Crippen LogP contribution in [-0.4, -0.2) is 54.5 Å². The van der Waals surface area contributed by atoms with Gasteiger partial charge in [0.25, 0.3) is 5.56 Å². The Balaban J connectivity index is 1.55. The van der Waals surface area contributed by atoms with Crippen LogP contribution in [0, 0.1) is 0 Å². The van der Waals surface area contributed by atoms with E-state index in [1.807, 2.05) is 45.0 Å². The number of fused-ring (bicyclic) bond motifs is 1. The molecule has 1 saturated heterocycles. The third-order valence-corrected chi connectivity index (χ3v) is 6.39. The molecule has 1 fully saturated rings. The van der Waals surface area contributed by atoms with E-state index in [9.17, 15) is 14.7 Å². The van der Waals surface area contributed by atoms with Gasteiger partial charge in [-0.05, 0) is 57.9 Å². The van der Waals surface area contributed by atoms with Crippen LogP contribution in [0.25, 0.3) is 16.7 Å². The minimum absolute atomic E-state index is 0.0800. The lowest BCUT2D eigenvalue weighted by Crippen LogP contribution is -2.50. The van der Waals surface area contributed by atoms with Crippen molar-refractivity contribution >= 4 is 44.7 Å². The summed E-state index contributed by atoms with van der Waals surface area (Å²) < 4.78 is 9.41. The van der Waals surface area contributed by atoms with Crippen molar-refractivity contribution in [1.82, 2.24) is 19.0 Å². The topological polar surface area (TPSA) is 89.6 Å². The molecule has 0 unspecified atom stereocenters. The molecule has 176 valence electrons. The van der Waals surface area contributed by atoms with Gasteiger partial charge in [-0.25, -0.2) is 9.78 Å². The van der Waals surface area contributed by atoms with Crippen molar-refractivity contribution in [2.24, 2.45) is 0 Å². The lowest BCUT2D eigenvalue weighted by Gasteiger charge is -2.38. The lowest BCUT2D eigenvalue weighted by atomic mass is 9.91. The Morgan fingerprint density at radius 3 is 2.61 bits per heavy atom. The average molecular weight is 538 g/mol. The van der Waals surface area contributed by atoms with Gasteiger partial charge in [0.15, 0.2) is 5.65 Å². The largest absolute Gasteiger partial charge is 0.444 e. The molecule has 8 nitrogen and oxygen atoms in total. The Bertz CT molecular complexity index is 1260. The molecular formula is C23H26BrClN4O4. The molecule has 3 aromatic rings. The van der Waals surface area contributed by atoms with Gasteiger partial charge in [-0.2, -0.15) is 0 Å². The minimum Gasteiger partial charge on any atom is -0.444 e. The average Bonchev–Trinajstić information content (AvgIpc) is 3.06. The molecular weight excluding hydrogens is 512 g/mol. The molecule has 10 heteroatoms. The van der Waals surface area contributed by atoms with Crippen molar-refractivity contribution in [3.8, 4) is 5.69 Å². The SMILES string of the molecule is CC(C)(C)OC(=O)N1CCC(O)(Cn2cnc3c(cc(Cl)n3-c3cccc(Br)c3)c2=O)CC1. The van der Waals surface area contributed by atoms with Crippen LogP contribution < -0.4 is 5.56 Å². The number of carbonyl (C=O) groups is 1. The van der Waals surface area contributed by atoms with Gasteiger partial charge < -0.3 is 14.7 Å². The van der Waals surface area contributed by atoms with Crippen LogP contribution in [0.5, 0.6) is 0 Å². The summed E-state index contributed by atoms with van der Waals surface area (Å²) in [6, 6.07) is 9.14. The maximum Gasteiger partial charge on any atom is 0.410 e. The summed E-state index contributed by atoms with van der Waals surface area (Å²) in [5.41, 5.74) is -0.756. The van der Waals surface area contributed by atoms with Gasteiger partial charge in [0, 0.05) is 23.2 Å². The zero-order chi connectivity index (χ0) is 24.0. The molecule has 0 radical (unpaired) electrons. The fourth-order valence-electron chi connectivity index (χ4n) is 3.97. The first-order valence-electron chi connectivity index (χ1n) is 10.7. The van der Waals surface area contributed by atoms with Crippen molar-refractivity contribution in [2.75, 3.05) is 13.1 Å². The summed E-state index contributed by atoms with van der Waals surface area (Å²) in [5, 5.41) is 11.9. The van der Waals surface area contributed by atoms with Crippen LogP contribution in [0.1, 0.15) is 33.6 Å². The Kier molecular flexibility index (Phi) is 6.32. The molecule has 0 atom stereocenters. The van der Waals surface area contributed by atoms with Crippen molar-refractivity contribution < 1.29 is 14.6 Å². The fraction of sp³-hybridized carbons (Fsp3) is 0.435. The molecule has 0 saturated carbocycles. The second-order valence-corrected chi connectivity index (χ2v) is 10.7. The van der Waals surface area contributed by atoms with E-state index >= 15 is 0 Å². The molecule has 1 N–H and O–H groups in total. The zero-order valence-electron chi connectivity index (χ0n) is 18.7. The third-order valence-electron chi connectivity index (χ3n) is 5.62. The van der Waals surface area contributed by atoms with Gasteiger partial charge in [0.2, 0.25) is 0 Å². The molecule has 0 bridgehead atoms. The highest BCUT2D eigenvalue weighted by atomic mass is 79.9. The highest BCUT2D eigenvalue weighted by Crippen LogP contribution is 2.28. The van der Waals surface area contributed by atoms with Gasteiger partial charge in [-0.15, -0.1) is 0 Å². The van der Waals surface area contributed by atoms with Crippen LogP contribution >= 0.6 is 27.5 Å². The number of likely N-dealkylation sites (tertiary alicyclic amines) is 1. The first-order chi connectivity index (χ1) is 15.5. The van der Waals surface area contributed by atoms with E-state index < -0.39 is 17.3 Å². The Morgan fingerprint density at radius 1 is 1.27 bits per heavy atom. The molecule has 0 aliphatic carbocycles. The number of carbonyl (C=O) groups excluding carboxylic acids is 1. The van der Waals surface area contributed by atoms with Gasteiger partial charge in [-0.3, -0.25) is 13.9 Å². The van der Waals surface area contributed by atoms with Crippen molar-refractivity contribution in [3.63, 3.8) is 0 Å². The predicted octanol–water partition coefficient (Wildman–Crippen LogP) is 4.37. The number of nitrogens with zero attached hydrogens (tertiary/aromatic N) is 4. The van der Waals surface area contributed by atoms with Crippen molar-refractivity contribution in [2.45, 2.75) is 51.4 Å². The third kappa shape index (κ3) is 5.10. The molecule has 2 aromatic heterocycles. The Labute approximate surface area is 204 Å². The van der Waals surface area contributed by atoms with Gasteiger partial charge in [-0.1, -0.05) is 33.6 Å². The Hall–Kier alpha value is -2.36. The summed E-state index contributed by atoms with van der Waals surface area (Å²) in [4.78, 5) is 31.5. The molecule has 1 amide bonds. The molecule has 3 heterocycles. The zero-order valence-corrected chi connectivity index (χ0v) is 21.1. The quantitative estimate of drug-likeness (QED) is 0.536. The predicted molar refractivity (Wildman–Crippen MR) is 130 cm³/mol. The van der Waals surface area contributed by atoms with Crippen molar-refractivity contribution in [3.05, 3.63) is 56.6 Å². The standard InChI is InChI=1S/C23H26BrClN4O4/c1-22(2,3)33-21(31)27-9-7-23(32,8-10-27)13-28-14-26-19-17(20(28)30)12-18(25)29(19)16-6-4-5-15(24)11-16/h4-6,11-12,14,32H,7-10,13H2,1-3H3. The van der Waals surface area contributed by atoms with E-state index in [0.717, 1.165) is 10.2 Å². The molecule has 1 aromatic carbocycles. The Morgan fingerprint density at radius 2 is 1.97 bits per heavy atom. The first-order valence-corrected chi connectivity index (χ1v) is 11.9. The van der Waals surface area contributed by atoms with Crippen LogP contribution in [-0.2, 0) is 11.3 Å². The van der Waals surface area contributed by atoms with E-state index in [1.54, 1.807) is 15.5 Å². The molecule has 33 heavy (non-hydrogen) atoms. The maximum absolute atomic E-state index is 13.2. The first kappa shape index (κ1) is 23.8. The number of aromatic nitrogens is 3. The van der Waals surface area contributed by atoms with Crippen LogP contribution in [0.4, 0.5) is 4.79 Å². The highest BCUT2D eigenvalue weighted by Gasteiger charge is 2.36. The number of piperidine rings is 1. The molecule has 0 spiro atoms. The van der Waals surface area contributed by atoms with Crippen LogP contribution in [0.15, 0.2) is 45.9 Å². The van der Waals surface area contributed by atoms with E-state index in [1.165, 1.54) is 10.9 Å². The van der Waals surface area contributed by atoms with Crippen molar-refractivity contribution in [1.29, 1.82) is 0 Å². The number of hydrogen-bond acceptors (Lipinski definition) is 5. The van der Waals surface area contributed by atoms with E-state index in [-0.39, 0.29) is 12.1 Å². The summed E-state index contributed by atoms with van der Waals surface area (Å²) in [6.45, 7) is 6.23. The molecule has 1 aliphatic rings. The van der Waals surface area contributed by atoms with E-state index in [4.69, 9.17) is 16.3 Å². The number of halogens is 2. The van der Waals surface area contributed by atoms with E-state index in [2.05, 4.69) is 20.9 Å². The van der Waals surface area contributed by atoms with Gasteiger partial charge >= 0.3 is 6.09 Å². The van der Waals surface area contributed by atoms with Gasteiger partial charge in [0.1, 0.15) is 17.1 Å². The molecule has 1 aliphatic heterocycles. The second kappa shape index (κ2) is 8.77. The van der Waals surface area contributed by atoms with E-state index in [0.29, 0.717) is 42.1 Å². The number of amides is 1. The summed E-state index contributed by atoms with van der Waals surface area (Å²) in [5.74, 6) is 0. The second-order valence-electron chi connectivity index (χ2n) is 9.39. The number of hydrogen-bond donors (Lipinski definition) is 1. The maximum atomic E-state index is 13.2.